The molecule has 0 aromatic rings. The van der Waals surface area contributed by atoms with Crippen LogP contribution in [0.5, 0.6) is 0 Å². The Kier molecular flexibility index (Phi) is 2.58. The molecule has 0 aromatic heterocycles. The standard InChI is InChI=1S/C9H13NO/c1-3-8-5-4-7(2)9(6-8)10-11/h3,9H,2,4-6H2,1H3/t9-/m1/s1. The van der Waals surface area contributed by atoms with E-state index in [1.165, 1.54) is 5.57 Å². The fourth-order valence-electron chi connectivity index (χ4n) is 1.36. The van der Waals surface area contributed by atoms with Crippen LogP contribution < -0.4 is 0 Å². The molecule has 11 heavy (non-hydrogen) atoms. The maximum absolute atomic E-state index is 10.3. The van der Waals surface area contributed by atoms with Gasteiger partial charge in [-0.3, -0.25) is 0 Å². The van der Waals surface area contributed by atoms with Crippen LogP contribution in [0, 0.1) is 4.91 Å². The van der Waals surface area contributed by atoms with Crippen LogP contribution in [0.25, 0.3) is 0 Å². The SMILES string of the molecule is C=C1CCC(=CC)C[C@H]1N=O. The highest BCUT2D eigenvalue weighted by Gasteiger charge is 2.19. The molecule has 1 aliphatic carbocycles. The van der Waals surface area contributed by atoms with Gasteiger partial charge in [-0.2, -0.15) is 4.91 Å². The Morgan fingerprint density at radius 3 is 2.91 bits per heavy atom. The highest BCUT2D eigenvalue weighted by molar-refractivity contribution is 5.20. The third-order valence-electron chi connectivity index (χ3n) is 2.23. The second kappa shape index (κ2) is 3.46. The molecule has 0 aromatic carbocycles. The first-order valence-electron chi connectivity index (χ1n) is 3.92. The Morgan fingerprint density at radius 2 is 2.36 bits per heavy atom. The van der Waals surface area contributed by atoms with Crippen LogP contribution in [-0.4, -0.2) is 6.04 Å². The van der Waals surface area contributed by atoms with Crippen LogP contribution in [0.4, 0.5) is 0 Å². The van der Waals surface area contributed by atoms with Crippen LogP contribution in [0.1, 0.15) is 26.2 Å². The summed E-state index contributed by atoms with van der Waals surface area (Å²) in [6.07, 6.45) is 4.85. The van der Waals surface area contributed by atoms with Crippen molar-refractivity contribution in [3.8, 4) is 0 Å². The van der Waals surface area contributed by atoms with E-state index >= 15 is 0 Å². The van der Waals surface area contributed by atoms with Gasteiger partial charge in [0.25, 0.3) is 0 Å². The highest BCUT2D eigenvalue weighted by atomic mass is 16.3. The highest BCUT2D eigenvalue weighted by Crippen LogP contribution is 2.28. The molecule has 1 aliphatic rings. The van der Waals surface area contributed by atoms with Gasteiger partial charge in [-0.1, -0.05) is 23.4 Å². The zero-order valence-electron chi connectivity index (χ0n) is 6.84. The lowest BCUT2D eigenvalue weighted by Crippen LogP contribution is -2.13. The van der Waals surface area contributed by atoms with E-state index < -0.39 is 0 Å². The van der Waals surface area contributed by atoms with Crippen LogP contribution in [0.2, 0.25) is 0 Å². The molecule has 0 unspecified atom stereocenters. The number of hydrogen-bond acceptors (Lipinski definition) is 2. The fourth-order valence-corrected chi connectivity index (χ4v) is 1.36. The molecular formula is C9H13NO. The second-order valence-electron chi connectivity index (χ2n) is 2.93. The molecular weight excluding hydrogens is 138 g/mol. The number of rotatable bonds is 1. The van der Waals surface area contributed by atoms with E-state index in [1.54, 1.807) is 0 Å². The Labute approximate surface area is 67.0 Å². The predicted molar refractivity (Wildman–Crippen MR) is 46.3 cm³/mol. The number of allylic oxidation sites excluding steroid dienone is 1. The van der Waals surface area contributed by atoms with Crippen molar-refractivity contribution in [1.82, 2.24) is 0 Å². The van der Waals surface area contributed by atoms with Gasteiger partial charge in [-0.15, -0.1) is 0 Å². The lowest BCUT2D eigenvalue weighted by atomic mass is 9.87. The summed E-state index contributed by atoms with van der Waals surface area (Å²) in [5.41, 5.74) is 2.33. The molecule has 0 heterocycles. The Hall–Kier alpha value is -0.920. The fraction of sp³-hybridized carbons (Fsp3) is 0.556. The number of nitrogens with zero attached hydrogens (tertiary/aromatic N) is 1. The van der Waals surface area contributed by atoms with E-state index in [0.29, 0.717) is 0 Å². The van der Waals surface area contributed by atoms with Crippen LogP contribution in [0.15, 0.2) is 29.0 Å². The molecule has 0 radical (unpaired) electrons. The summed E-state index contributed by atoms with van der Waals surface area (Å²) < 4.78 is 0. The van der Waals surface area contributed by atoms with Crippen LogP contribution in [0.3, 0.4) is 0 Å². The predicted octanol–water partition coefficient (Wildman–Crippen LogP) is 2.81. The maximum Gasteiger partial charge on any atom is 0.116 e. The summed E-state index contributed by atoms with van der Waals surface area (Å²) in [4.78, 5) is 10.3. The monoisotopic (exact) mass is 151 g/mol. The van der Waals surface area contributed by atoms with E-state index in [-0.39, 0.29) is 6.04 Å². The van der Waals surface area contributed by atoms with Gasteiger partial charge >= 0.3 is 0 Å². The number of hydrogen-bond donors (Lipinski definition) is 0. The first-order valence-corrected chi connectivity index (χ1v) is 3.92. The quantitative estimate of drug-likeness (QED) is 0.418. The second-order valence-corrected chi connectivity index (χ2v) is 2.93. The normalized spacial score (nSPS) is 29.0. The third-order valence-corrected chi connectivity index (χ3v) is 2.23. The van der Waals surface area contributed by atoms with E-state index in [9.17, 15) is 4.91 Å². The van der Waals surface area contributed by atoms with Crippen molar-refractivity contribution in [2.75, 3.05) is 0 Å². The molecule has 0 aliphatic heterocycles. The summed E-state index contributed by atoms with van der Waals surface area (Å²) in [6, 6.07) is -0.157. The molecule has 60 valence electrons. The number of nitroso groups, excluding NO2 is 1. The minimum absolute atomic E-state index is 0.157. The largest absolute Gasteiger partial charge is 0.150 e. The van der Waals surface area contributed by atoms with Gasteiger partial charge in [-0.25, -0.2) is 0 Å². The van der Waals surface area contributed by atoms with Gasteiger partial charge < -0.3 is 0 Å². The van der Waals surface area contributed by atoms with Crippen molar-refractivity contribution in [3.63, 3.8) is 0 Å². The zero-order valence-corrected chi connectivity index (χ0v) is 6.84. The van der Waals surface area contributed by atoms with Gasteiger partial charge in [0.05, 0.1) is 0 Å². The molecule has 2 nitrogen and oxygen atoms in total. The van der Waals surface area contributed by atoms with Crippen molar-refractivity contribution < 1.29 is 0 Å². The molecule has 0 bridgehead atoms. The summed E-state index contributed by atoms with van der Waals surface area (Å²) in [7, 11) is 0. The van der Waals surface area contributed by atoms with E-state index in [4.69, 9.17) is 0 Å². The molecule has 1 saturated carbocycles. The minimum atomic E-state index is -0.157. The van der Waals surface area contributed by atoms with Gasteiger partial charge in [0, 0.05) is 0 Å². The summed E-state index contributed by atoms with van der Waals surface area (Å²) in [5, 5.41) is 3.04. The summed E-state index contributed by atoms with van der Waals surface area (Å²) in [6.45, 7) is 5.82. The maximum atomic E-state index is 10.3. The molecule has 1 rings (SSSR count). The Bertz CT molecular complexity index is 206. The molecule has 1 atom stereocenters. The lowest BCUT2D eigenvalue weighted by Gasteiger charge is -2.20. The van der Waals surface area contributed by atoms with Crippen LogP contribution >= 0.6 is 0 Å². The van der Waals surface area contributed by atoms with Crippen LogP contribution in [-0.2, 0) is 0 Å². The van der Waals surface area contributed by atoms with E-state index in [2.05, 4.69) is 17.8 Å². The smallest absolute Gasteiger partial charge is 0.116 e. The van der Waals surface area contributed by atoms with Gasteiger partial charge in [0.15, 0.2) is 0 Å². The van der Waals surface area contributed by atoms with Crippen molar-refractivity contribution in [2.45, 2.75) is 32.2 Å². The van der Waals surface area contributed by atoms with Gasteiger partial charge in [0.1, 0.15) is 6.04 Å². The average molecular weight is 151 g/mol. The van der Waals surface area contributed by atoms with E-state index in [1.807, 2.05) is 6.92 Å². The third kappa shape index (κ3) is 1.76. The zero-order chi connectivity index (χ0) is 8.27. The van der Waals surface area contributed by atoms with Crippen molar-refractivity contribution in [1.29, 1.82) is 0 Å². The average Bonchev–Trinajstić information content (AvgIpc) is 2.05. The van der Waals surface area contributed by atoms with Gasteiger partial charge in [-0.05, 0) is 31.8 Å². The Morgan fingerprint density at radius 1 is 1.64 bits per heavy atom. The minimum Gasteiger partial charge on any atom is -0.150 e. The molecule has 0 amide bonds. The van der Waals surface area contributed by atoms with Crippen molar-refractivity contribution in [2.24, 2.45) is 5.18 Å². The van der Waals surface area contributed by atoms with Gasteiger partial charge in [0.2, 0.25) is 0 Å². The first kappa shape index (κ1) is 8.18. The Balaban J connectivity index is 2.65. The molecule has 0 saturated heterocycles. The molecule has 0 spiro atoms. The molecule has 0 N–H and O–H groups in total. The topological polar surface area (TPSA) is 29.4 Å². The van der Waals surface area contributed by atoms with Crippen molar-refractivity contribution >= 4 is 0 Å². The first-order chi connectivity index (χ1) is 5.27. The molecule has 2 heteroatoms. The molecule has 1 fully saturated rings. The van der Waals surface area contributed by atoms with Crippen molar-refractivity contribution in [3.05, 3.63) is 28.7 Å². The van der Waals surface area contributed by atoms with E-state index in [0.717, 1.165) is 24.8 Å². The summed E-state index contributed by atoms with van der Waals surface area (Å²) >= 11 is 0. The lowest BCUT2D eigenvalue weighted by molar-refractivity contribution is 0.637. The summed E-state index contributed by atoms with van der Waals surface area (Å²) in [5.74, 6) is 0.